The molecule has 0 saturated heterocycles. The zero-order valence-corrected chi connectivity index (χ0v) is 20.3. The third-order valence-electron chi connectivity index (χ3n) is 5.50. The number of hydrogen-bond donors (Lipinski definition) is 1. The Morgan fingerprint density at radius 1 is 0.939 bits per heavy atom. The number of benzene rings is 3. The molecule has 3 rings (SSSR count). The third-order valence-corrected chi connectivity index (χ3v) is 7.29. The molecule has 0 aromatic heterocycles. The van der Waals surface area contributed by atoms with Crippen molar-refractivity contribution in [2.45, 2.75) is 38.5 Å². The largest absolute Gasteiger partial charge is 0.497 e. The van der Waals surface area contributed by atoms with Gasteiger partial charge in [0.05, 0.1) is 17.7 Å². The molecule has 3 aromatic rings. The summed E-state index contributed by atoms with van der Waals surface area (Å²) in [4.78, 5) is 13.3. The van der Waals surface area contributed by atoms with Crippen LogP contribution < -0.4 is 14.4 Å². The van der Waals surface area contributed by atoms with Crippen LogP contribution in [0.5, 0.6) is 5.75 Å². The van der Waals surface area contributed by atoms with Gasteiger partial charge in [-0.15, -0.1) is 0 Å². The smallest absolute Gasteiger partial charge is 0.264 e. The predicted octanol–water partition coefficient (Wildman–Crippen LogP) is 4.96. The van der Waals surface area contributed by atoms with Gasteiger partial charge in [-0.2, -0.15) is 0 Å². The van der Waals surface area contributed by atoms with Gasteiger partial charge in [-0.1, -0.05) is 55.8 Å². The highest BCUT2D eigenvalue weighted by atomic mass is 32.2. The zero-order valence-electron chi connectivity index (χ0n) is 19.5. The summed E-state index contributed by atoms with van der Waals surface area (Å²) >= 11 is 0. The van der Waals surface area contributed by atoms with Gasteiger partial charge in [0.15, 0.2) is 0 Å². The van der Waals surface area contributed by atoms with Crippen LogP contribution in [0.15, 0.2) is 71.6 Å². The maximum absolute atomic E-state index is 13.6. The highest BCUT2D eigenvalue weighted by molar-refractivity contribution is 7.92. The van der Waals surface area contributed by atoms with Crippen LogP contribution in [-0.4, -0.2) is 28.0 Å². The van der Waals surface area contributed by atoms with Gasteiger partial charge in [0, 0.05) is 11.8 Å². The first-order valence-electron chi connectivity index (χ1n) is 10.9. The molecule has 0 spiro atoms. The maximum atomic E-state index is 13.6. The normalized spacial score (nSPS) is 11.2. The van der Waals surface area contributed by atoms with Crippen molar-refractivity contribution in [3.63, 3.8) is 0 Å². The fraction of sp³-hybridized carbons (Fsp3) is 0.269. The number of rotatable bonds is 9. The summed E-state index contributed by atoms with van der Waals surface area (Å²) in [5.41, 5.74) is 4.08. The molecule has 0 aliphatic heterocycles. The van der Waals surface area contributed by atoms with Crippen LogP contribution in [0, 0.1) is 6.92 Å². The Kier molecular flexibility index (Phi) is 7.76. The van der Waals surface area contributed by atoms with E-state index in [1.54, 1.807) is 48.5 Å². The van der Waals surface area contributed by atoms with E-state index in [0.29, 0.717) is 11.4 Å². The fourth-order valence-corrected chi connectivity index (χ4v) is 5.04. The number of amides is 1. The highest BCUT2D eigenvalue weighted by Crippen LogP contribution is 2.28. The molecule has 0 heterocycles. The molecule has 1 N–H and O–H groups in total. The number of nitrogens with zero attached hydrogens (tertiary/aromatic N) is 1. The molecule has 1 amide bonds. The molecule has 33 heavy (non-hydrogen) atoms. The van der Waals surface area contributed by atoms with Crippen LogP contribution >= 0.6 is 0 Å². The topological polar surface area (TPSA) is 75.7 Å². The third kappa shape index (κ3) is 5.54. The van der Waals surface area contributed by atoms with Crippen LogP contribution in [-0.2, 0) is 27.7 Å². The second kappa shape index (κ2) is 10.5. The Morgan fingerprint density at radius 3 is 2.12 bits per heavy atom. The second-order valence-electron chi connectivity index (χ2n) is 7.73. The van der Waals surface area contributed by atoms with Crippen molar-refractivity contribution in [1.82, 2.24) is 0 Å². The molecule has 0 fully saturated rings. The fourth-order valence-electron chi connectivity index (χ4n) is 3.63. The van der Waals surface area contributed by atoms with Crippen molar-refractivity contribution in [2.24, 2.45) is 0 Å². The Morgan fingerprint density at radius 2 is 1.55 bits per heavy atom. The highest BCUT2D eigenvalue weighted by Gasteiger charge is 2.28. The first-order chi connectivity index (χ1) is 15.8. The van der Waals surface area contributed by atoms with E-state index in [1.165, 1.54) is 7.11 Å². The lowest BCUT2D eigenvalue weighted by Crippen LogP contribution is -2.38. The standard InChI is InChI=1S/C26H30N2O4S/c1-5-20-9-7-10-21(6-2)26(20)27-25(29)18-28(22-11-8-12-23(17-22)32-4)33(30,31)24-15-13-19(3)14-16-24/h7-17H,5-6,18H2,1-4H3,(H,27,29). The number of hydrogen-bond acceptors (Lipinski definition) is 4. The number of carbonyl (C=O) groups is 1. The average molecular weight is 467 g/mol. The van der Waals surface area contributed by atoms with Crippen molar-refractivity contribution < 1.29 is 17.9 Å². The van der Waals surface area contributed by atoms with Crippen LogP contribution in [0.3, 0.4) is 0 Å². The maximum Gasteiger partial charge on any atom is 0.264 e. The van der Waals surface area contributed by atoms with E-state index in [0.717, 1.165) is 39.5 Å². The minimum Gasteiger partial charge on any atom is -0.497 e. The number of ether oxygens (including phenoxy) is 1. The molecule has 174 valence electrons. The minimum atomic E-state index is -4.00. The summed E-state index contributed by atoms with van der Waals surface area (Å²) < 4.78 is 33.6. The van der Waals surface area contributed by atoms with Gasteiger partial charge < -0.3 is 10.1 Å². The average Bonchev–Trinajstić information content (AvgIpc) is 2.82. The number of aryl methyl sites for hydroxylation is 3. The molecule has 0 unspecified atom stereocenters. The molecule has 3 aromatic carbocycles. The van der Waals surface area contributed by atoms with E-state index < -0.39 is 15.9 Å². The van der Waals surface area contributed by atoms with E-state index in [9.17, 15) is 13.2 Å². The lowest BCUT2D eigenvalue weighted by Gasteiger charge is -2.25. The summed E-state index contributed by atoms with van der Waals surface area (Å²) in [6.45, 7) is 5.56. The summed E-state index contributed by atoms with van der Waals surface area (Å²) in [6.07, 6.45) is 1.51. The lowest BCUT2D eigenvalue weighted by molar-refractivity contribution is -0.114. The number of methoxy groups -OCH3 is 1. The van der Waals surface area contributed by atoms with Gasteiger partial charge in [0.25, 0.3) is 10.0 Å². The van der Waals surface area contributed by atoms with Crippen LogP contribution in [0.25, 0.3) is 0 Å². The lowest BCUT2D eigenvalue weighted by atomic mass is 10.0. The van der Waals surface area contributed by atoms with Crippen LogP contribution in [0.1, 0.15) is 30.5 Å². The molecule has 6 nitrogen and oxygen atoms in total. The monoisotopic (exact) mass is 466 g/mol. The van der Waals surface area contributed by atoms with Gasteiger partial charge in [0.2, 0.25) is 5.91 Å². The molecule has 7 heteroatoms. The van der Waals surface area contributed by atoms with Crippen molar-refractivity contribution >= 4 is 27.3 Å². The quantitative estimate of drug-likeness (QED) is 0.483. The molecule has 0 radical (unpaired) electrons. The molecule has 0 saturated carbocycles. The van der Waals surface area contributed by atoms with E-state index in [1.807, 2.05) is 39.0 Å². The molecule has 0 atom stereocenters. The number of anilines is 2. The zero-order chi connectivity index (χ0) is 24.0. The van der Waals surface area contributed by atoms with Gasteiger partial charge in [-0.3, -0.25) is 9.10 Å². The molecule has 0 aliphatic carbocycles. The van der Waals surface area contributed by atoms with E-state index in [4.69, 9.17) is 4.74 Å². The molecular weight excluding hydrogens is 436 g/mol. The van der Waals surface area contributed by atoms with Gasteiger partial charge in [-0.25, -0.2) is 8.42 Å². The van der Waals surface area contributed by atoms with Gasteiger partial charge >= 0.3 is 0 Å². The number of sulfonamides is 1. The Bertz CT molecular complexity index is 1200. The first kappa shape index (κ1) is 24.3. The van der Waals surface area contributed by atoms with E-state index >= 15 is 0 Å². The second-order valence-corrected chi connectivity index (χ2v) is 9.60. The Balaban J connectivity index is 2.00. The summed E-state index contributed by atoms with van der Waals surface area (Å²) in [5.74, 6) is 0.0886. The number of para-hydroxylation sites is 1. The molecular formula is C26H30N2O4S. The Labute approximate surface area is 196 Å². The van der Waals surface area contributed by atoms with Gasteiger partial charge in [0.1, 0.15) is 12.3 Å². The van der Waals surface area contributed by atoms with Crippen molar-refractivity contribution in [2.75, 3.05) is 23.3 Å². The molecule has 0 aliphatic rings. The van der Waals surface area contributed by atoms with Crippen molar-refractivity contribution in [3.8, 4) is 5.75 Å². The summed E-state index contributed by atoms with van der Waals surface area (Å²) in [6, 6.07) is 19.2. The number of carbonyl (C=O) groups excluding carboxylic acids is 1. The van der Waals surface area contributed by atoms with Crippen LogP contribution in [0.2, 0.25) is 0 Å². The predicted molar refractivity (Wildman–Crippen MR) is 133 cm³/mol. The number of nitrogens with one attached hydrogen (secondary N) is 1. The van der Waals surface area contributed by atoms with E-state index in [-0.39, 0.29) is 11.4 Å². The van der Waals surface area contributed by atoms with Gasteiger partial charge in [-0.05, 0) is 55.2 Å². The summed E-state index contributed by atoms with van der Waals surface area (Å²) in [5, 5.41) is 2.97. The SMILES string of the molecule is CCc1cccc(CC)c1NC(=O)CN(c1cccc(OC)c1)S(=O)(=O)c1ccc(C)cc1. The molecule has 0 bridgehead atoms. The Hall–Kier alpha value is -3.32. The first-order valence-corrected chi connectivity index (χ1v) is 12.4. The van der Waals surface area contributed by atoms with Crippen molar-refractivity contribution in [1.29, 1.82) is 0 Å². The minimum absolute atomic E-state index is 0.118. The van der Waals surface area contributed by atoms with E-state index in [2.05, 4.69) is 5.32 Å². The summed E-state index contributed by atoms with van der Waals surface area (Å²) in [7, 11) is -2.49. The van der Waals surface area contributed by atoms with Crippen molar-refractivity contribution in [3.05, 3.63) is 83.4 Å². The van der Waals surface area contributed by atoms with Crippen LogP contribution in [0.4, 0.5) is 11.4 Å².